The van der Waals surface area contributed by atoms with Crippen LogP contribution in [0.15, 0.2) is 4.52 Å². The molecule has 0 fully saturated rings. The molecule has 24 heavy (non-hydrogen) atoms. The Labute approximate surface area is 146 Å². The van der Waals surface area contributed by atoms with Crippen LogP contribution in [0.2, 0.25) is 0 Å². The smallest absolute Gasteiger partial charge is 0.262 e. The zero-order valence-corrected chi connectivity index (χ0v) is 15.8. The van der Waals surface area contributed by atoms with Crippen molar-refractivity contribution in [2.24, 2.45) is 11.3 Å². The molecule has 0 bridgehead atoms. The van der Waals surface area contributed by atoms with Crippen molar-refractivity contribution < 1.29 is 9.32 Å². The summed E-state index contributed by atoms with van der Waals surface area (Å²) in [6, 6.07) is 0. The van der Waals surface area contributed by atoms with Gasteiger partial charge in [0, 0.05) is 11.3 Å². The molecule has 1 amide bonds. The van der Waals surface area contributed by atoms with Crippen molar-refractivity contribution in [3.05, 3.63) is 27.6 Å². The minimum Gasteiger partial charge on any atom is -0.360 e. The maximum Gasteiger partial charge on any atom is 0.262 e. The average Bonchev–Trinajstić information content (AvgIpc) is 3.07. The van der Waals surface area contributed by atoms with Crippen LogP contribution in [0.25, 0.3) is 0 Å². The maximum absolute atomic E-state index is 12.6. The zero-order chi connectivity index (χ0) is 17.5. The van der Waals surface area contributed by atoms with Crippen LogP contribution < -0.4 is 5.32 Å². The summed E-state index contributed by atoms with van der Waals surface area (Å²) in [5.41, 5.74) is 2.62. The first-order valence-corrected chi connectivity index (χ1v) is 9.36. The van der Waals surface area contributed by atoms with Crippen LogP contribution in [0.1, 0.15) is 66.5 Å². The van der Waals surface area contributed by atoms with E-state index >= 15 is 0 Å². The second-order valence-corrected chi connectivity index (χ2v) is 8.65. The second kappa shape index (κ2) is 6.31. The Morgan fingerprint density at radius 1 is 1.42 bits per heavy atom. The first kappa shape index (κ1) is 17.1. The molecule has 130 valence electrons. The fourth-order valence-electron chi connectivity index (χ4n) is 3.28. The summed E-state index contributed by atoms with van der Waals surface area (Å²) in [7, 11) is 0. The van der Waals surface area contributed by atoms with Gasteiger partial charge in [0.25, 0.3) is 5.91 Å². The molecule has 0 aromatic carbocycles. The van der Waals surface area contributed by atoms with Gasteiger partial charge >= 0.3 is 0 Å². The van der Waals surface area contributed by atoms with Gasteiger partial charge in [0.15, 0.2) is 5.13 Å². The third kappa shape index (κ3) is 3.24. The van der Waals surface area contributed by atoms with Gasteiger partial charge in [0.2, 0.25) is 0 Å². The van der Waals surface area contributed by atoms with Gasteiger partial charge in [-0.2, -0.15) is 0 Å². The number of hydrogen-bond donors (Lipinski definition) is 1. The van der Waals surface area contributed by atoms with Crippen LogP contribution in [0.3, 0.4) is 0 Å². The fourth-order valence-corrected chi connectivity index (χ4v) is 4.36. The first-order chi connectivity index (χ1) is 11.3. The van der Waals surface area contributed by atoms with Crippen LogP contribution in [-0.4, -0.2) is 16.0 Å². The molecule has 6 heteroatoms. The summed E-state index contributed by atoms with van der Waals surface area (Å²) in [5.74, 6) is 1.11. The average molecular weight is 347 g/mol. The van der Waals surface area contributed by atoms with Crippen LogP contribution in [-0.2, 0) is 19.3 Å². The molecule has 5 nitrogen and oxygen atoms in total. The van der Waals surface area contributed by atoms with E-state index in [0.29, 0.717) is 39.9 Å². The third-order valence-corrected chi connectivity index (χ3v) is 5.90. The van der Waals surface area contributed by atoms with Gasteiger partial charge in [0.05, 0.1) is 11.4 Å². The molecule has 0 aliphatic heterocycles. The summed E-state index contributed by atoms with van der Waals surface area (Å²) in [4.78, 5) is 18.5. The number of nitrogens with zero attached hydrogens (tertiary/aromatic N) is 2. The van der Waals surface area contributed by atoms with Gasteiger partial charge in [-0.1, -0.05) is 32.9 Å². The number of nitrogens with one attached hydrogen (secondary N) is 1. The van der Waals surface area contributed by atoms with E-state index in [-0.39, 0.29) is 5.91 Å². The monoisotopic (exact) mass is 347 g/mol. The van der Waals surface area contributed by atoms with Crippen LogP contribution in [0.4, 0.5) is 5.13 Å². The van der Waals surface area contributed by atoms with Crippen LogP contribution in [0.5, 0.6) is 0 Å². The van der Waals surface area contributed by atoms with Crippen LogP contribution in [0, 0.1) is 18.3 Å². The number of rotatable bonds is 3. The Hall–Kier alpha value is -1.69. The Kier molecular flexibility index (Phi) is 4.51. The highest BCUT2D eigenvalue weighted by atomic mass is 32.1. The van der Waals surface area contributed by atoms with Crippen molar-refractivity contribution in [1.82, 2.24) is 10.1 Å². The maximum atomic E-state index is 12.6. The Balaban J connectivity index is 1.77. The molecule has 1 unspecified atom stereocenters. The van der Waals surface area contributed by atoms with Gasteiger partial charge in [-0.05, 0) is 37.5 Å². The Morgan fingerprint density at radius 3 is 2.83 bits per heavy atom. The van der Waals surface area contributed by atoms with Gasteiger partial charge in [-0.25, -0.2) is 4.98 Å². The topological polar surface area (TPSA) is 68.0 Å². The lowest BCUT2D eigenvalue weighted by atomic mass is 9.73. The zero-order valence-electron chi connectivity index (χ0n) is 15.0. The molecule has 1 aliphatic rings. The molecule has 3 rings (SSSR count). The summed E-state index contributed by atoms with van der Waals surface area (Å²) in [5, 5.41) is 7.52. The van der Waals surface area contributed by atoms with Crippen molar-refractivity contribution in [3.8, 4) is 0 Å². The molecule has 0 saturated heterocycles. The van der Waals surface area contributed by atoms with Crippen LogP contribution >= 0.6 is 11.3 Å². The standard InChI is InChI=1S/C18H25N3O2S/c1-6-13-15(10(2)21-23-13)16(22)20-17-19-12-8-7-11(18(3,4)5)9-14(12)24-17/h11H,6-9H2,1-5H3,(H,19,20,22). The van der Waals surface area contributed by atoms with Crippen molar-refractivity contribution >= 4 is 22.4 Å². The summed E-state index contributed by atoms with van der Waals surface area (Å²) < 4.78 is 5.21. The molecule has 2 aromatic rings. The van der Waals surface area contributed by atoms with E-state index in [2.05, 4.69) is 36.2 Å². The number of anilines is 1. The summed E-state index contributed by atoms with van der Waals surface area (Å²) in [6.07, 6.45) is 3.86. The fraction of sp³-hybridized carbons (Fsp3) is 0.611. The van der Waals surface area contributed by atoms with Gasteiger partial charge in [0.1, 0.15) is 11.3 Å². The van der Waals surface area contributed by atoms with E-state index < -0.39 is 0 Å². The molecule has 1 aliphatic carbocycles. The predicted octanol–water partition coefficient (Wildman–Crippen LogP) is 4.41. The summed E-state index contributed by atoms with van der Waals surface area (Å²) >= 11 is 1.61. The number of hydrogen-bond acceptors (Lipinski definition) is 5. The summed E-state index contributed by atoms with van der Waals surface area (Å²) in [6.45, 7) is 10.6. The lowest BCUT2D eigenvalue weighted by Gasteiger charge is -2.33. The Morgan fingerprint density at radius 2 is 2.17 bits per heavy atom. The normalized spacial score (nSPS) is 17.6. The van der Waals surface area contributed by atoms with E-state index in [1.165, 1.54) is 11.3 Å². The molecule has 1 atom stereocenters. The lowest BCUT2D eigenvalue weighted by Crippen LogP contribution is -2.26. The molecule has 1 N–H and O–H groups in total. The predicted molar refractivity (Wildman–Crippen MR) is 95.7 cm³/mol. The number of aryl methyl sites for hydroxylation is 3. The highest BCUT2D eigenvalue weighted by Gasteiger charge is 2.31. The number of fused-ring (bicyclic) bond motifs is 1. The van der Waals surface area contributed by atoms with E-state index in [0.717, 1.165) is 18.5 Å². The quantitative estimate of drug-likeness (QED) is 0.893. The largest absolute Gasteiger partial charge is 0.360 e. The molecule has 0 spiro atoms. The molecular formula is C18H25N3O2S. The van der Waals surface area contributed by atoms with E-state index in [9.17, 15) is 4.79 Å². The molecule has 2 heterocycles. The number of amides is 1. The minimum absolute atomic E-state index is 0.177. The highest BCUT2D eigenvalue weighted by molar-refractivity contribution is 7.15. The van der Waals surface area contributed by atoms with Gasteiger partial charge < -0.3 is 4.52 Å². The molecule has 2 aromatic heterocycles. The van der Waals surface area contributed by atoms with Crippen molar-refractivity contribution in [2.45, 2.75) is 60.3 Å². The highest BCUT2D eigenvalue weighted by Crippen LogP contribution is 2.40. The lowest BCUT2D eigenvalue weighted by molar-refractivity contribution is 0.102. The molecular weight excluding hydrogens is 322 g/mol. The van der Waals surface area contributed by atoms with E-state index in [1.807, 2.05) is 6.92 Å². The number of aromatic nitrogens is 2. The van der Waals surface area contributed by atoms with Crippen molar-refractivity contribution in [3.63, 3.8) is 0 Å². The number of carbonyl (C=O) groups excluding carboxylic acids is 1. The van der Waals surface area contributed by atoms with Gasteiger partial charge in [-0.3, -0.25) is 10.1 Å². The first-order valence-electron chi connectivity index (χ1n) is 8.54. The van der Waals surface area contributed by atoms with Crippen molar-refractivity contribution in [1.29, 1.82) is 0 Å². The second-order valence-electron chi connectivity index (χ2n) is 7.57. The Bertz CT molecular complexity index is 755. The SMILES string of the molecule is CCc1onc(C)c1C(=O)Nc1nc2c(s1)CC(C(C)(C)C)CC2. The van der Waals surface area contributed by atoms with Crippen molar-refractivity contribution in [2.75, 3.05) is 5.32 Å². The van der Waals surface area contributed by atoms with Gasteiger partial charge in [-0.15, -0.1) is 11.3 Å². The molecule has 0 saturated carbocycles. The third-order valence-electron chi connectivity index (χ3n) is 4.87. The number of thiazole rings is 1. The number of carbonyl (C=O) groups is 1. The molecule has 0 radical (unpaired) electrons. The minimum atomic E-state index is -0.177. The van der Waals surface area contributed by atoms with E-state index in [1.54, 1.807) is 18.3 Å². The van der Waals surface area contributed by atoms with E-state index in [4.69, 9.17) is 4.52 Å².